The number of carbonyl (C=O) groups excluding carboxylic acids is 3. The van der Waals surface area contributed by atoms with Gasteiger partial charge >= 0.3 is 0 Å². The van der Waals surface area contributed by atoms with Gasteiger partial charge in [0.05, 0.1) is 12.5 Å². The van der Waals surface area contributed by atoms with Gasteiger partial charge in [0, 0.05) is 26.6 Å². The summed E-state index contributed by atoms with van der Waals surface area (Å²) in [5.41, 5.74) is 0. The number of carbonyl (C=O) groups is 3. The largest absolute Gasteiger partial charge is 0.383 e. The predicted octanol–water partition coefficient (Wildman–Crippen LogP) is -1.22. The number of hydrogen-bond acceptors (Lipinski definition) is 4. The van der Waals surface area contributed by atoms with Crippen molar-refractivity contribution in [1.29, 1.82) is 0 Å². The molecular formula is C12H21N3O4. The monoisotopic (exact) mass is 271 g/mol. The highest BCUT2D eigenvalue weighted by molar-refractivity contribution is 5.89. The molecule has 0 bridgehead atoms. The molecule has 3 amide bonds. The highest BCUT2D eigenvalue weighted by Gasteiger charge is 2.26. The van der Waals surface area contributed by atoms with E-state index in [1.54, 1.807) is 14.0 Å². The Kier molecular flexibility index (Phi) is 6.27. The van der Waals surface area contributed by atoms with E-state index in [4.69, 9.17) is 4.74 Å². The molecule has 1 aliphatic heterocycles. The Morgan fingerprint density at radius 1 is 1.53 bits per heavy atom. The summed E-state index contributed by atoms with van der Waals surface area (Å²) in [6.07, 6.45) is 0.877. The molecule has 3 N–H and O–H groups in total. The lowest BCUT2D eigenvalue weighted by atomic mass is 9.98. The smallest absolute Gasteiger partial charge is 0.242 e. The molecule has 0 aliphatic carbocycles. The van der Waals surface area contributed by atoms with Gasteiger partial charge in [0.2, 0.25) is 17.7 Å². The first-order valence-corrected chi connectivity index (χ1v) is 6.38. The van der Waals surface area contributed by atoms with Crippen LogP contribution in [0.2, 0.25) is 0 Å². The van der Waals surface area contributed by atoms with E-state index in [2.05, 4.69) is 16.0 Å². The highest BCUT2D eigenvalue weighted by atomic mass is 16.5. The van der Waals surface area contributed by atoms with Crippen molar-refractivity contribution in [1.82, 2.24) is 16.0 Å². The molecule has 0 aromatic carbocycles. The number of ether oxygens (including phenoxy) is 1. The fourth-order valence-electron chi connectivity index (χ4n) is 1.78. The molecule has 2 unspecified atom stereocenters. The summed E-state index contributed by atoms with van der Waals surface area (Å²) >= 11 is 0. The van der Waals surface area contributed by atoms with Gasteiger partial charge in [-0.3, -0.25) is 14.4 Å². The van der Waals surface area contributed by atoms with Crippen molar-refractivity contribution in [3.8, 4) is 0 Å². The Labute approximate surface area is 112 Å². The van der Waals surface area contributed by atoms with E-state index < -0.39 is 6.04 Å². The van der Waals surface area contributed by atoms with E-state index in [1.165, 1.54) is 0 Å². The average molecular weight is 271 g/mol. The number of piperidine rings is 1. The Bertz CT molecular complexity index is 336. The fraction of sp³-hybridized carbons (Fsp3) is 0.750. The normalized spacial score (nSPS) is 20.3. The van der Waals surface area contributed by atoms with Gasteiger partial charge < -0.3 is 20.7 Å². The van der Waals surface area contributed by atoms with Crippen LogP contribution in [-0.2, 0) is 19.1 Å². The van der Waals surface area contributed by atoms with Gasteiger partial charge in [-0.2, -0.15) is 0 Å². The fourth-order valence-corrected chi connectivity index (χ4v) is 1.78. The minimum atomic E-state index is -0.595. The van der Waals surface area contributed by atoms with E-state index in [0.29, 0.717) is 32.5 Å². The van der Waals surface area contributed by atoms with Crippen LogP contribution in [0.25, 0.3) is 0 Å². The van der Waals surface area contributed by atoms with Crippen molar-refractivity contribution in [3.05, 3.63) is 0 Å². The van der Waals surface area contributed by atoms with Crippen LogP contribution in [0.5, 0.6) is 0 Å². The molecule has 108 valence electrons. The molecular weight excluding hydrogens is 250 g/mol. The Hall–Kier alpha value is -1.63. The maximum atomic E-state index is 11.9. The van der Waals surface area contributed by atoms with Crippen molar-refractivity contribution in [3.63, 3.8) is 0 Å². The third kappa shape index (κ3) is 5.25. The molecule has 1 rings (SSSR count). The minimum Gasteiger partial charge on any atom is -0.383 e. The van der Waals surface area contributed by atoms with Crippen molar-refractivity contribution < 1.29 is 19.1 Å². The zero-order valence-electron chi connectivity index (χ0n) is 11.3. The van der Waals surface area contributed by atoms with Gasteiger partial charge in [-0.25, -0.2) is 0 Å². The third-order valence-electron chi connectivity index (χ3n) is 2.99. The van der Waals surface area contributed by atoms with Crippen molar-refractivity contribution in [2.45, 2.75) is 25.8 Å². The molecule has 19 heavy (non-hydrogen) atoms. The summed E-state index contributed by atoms with van der Waals surface area (Å²) in [7, 11) is 1.55. The number of nitrogens with one attached hydrogen (secondary N) is 3. The zero-order valence-corrected chi connectivity index (χ0v) is 11.3. The predicted molar refractivity (Wildman–Crippen MR) is 68.2 cm³/mol. The second-order valence-corrected chi connectivity index (χ2v) is 4.55. The van der Waals surface area contributed by atoms with Gasteiger partial charge in [0.15, 0.2) is 0 Å². The van der Waals surface area contributed by atoms with Gasteiger partial charge in [-0.15, -0.1) is 0 Å². The lowest BCUT2D eigenvalue weighted by Gasteiger charge is -2.23. The lowest BCUT2D eigenvalue weighted by Crippen LogP contribution is -2.50. The van der Waals surface area contributed by atoms with E-state index in [0.717, 1.165) is 0 Å². The number of methoxy groups -OCH3 is 1. The van der Waals surface area contributed by atoms with Crippen LogP contribution in [-0.4, -0.2) is 50.6 Å². The van der Waals surface area contributed by atoms with Crippen LogP contribution in [0.4, 0.5) is 0 Å². The molecule has 0 spiro atoms. The molecule has 1 saturated heterocycles. The van der Waals surface area contributed by atoms with E-state index in [9.17, 15) is 14.4 Å². The van der Waals surface area contributed by atoms with Crippen LogP contribution >= 0.6 is 0 Å². The second-order valence-electron chi connectivity index (χ2n) is 4.55. The first kappa shape index (κ1) is 15.4. The lowest BCUT2D eigenvalue weighted by molar-refractivity contribution is -0.132. The van der Waals surface area contributed by atoms with E-state index >= 15 is 0 Å². The van der Waals surface area contributed by atoms with Crippen LogP contribution in [0.3, 0.4) is 0 Å². The summed E-state index contributed by atoms with van der Waals surface area (Å²) in [6.45, 7) is 2.81. The molecule has 1 aliphatic rings. The van der Waals surface area contributed by atoms with Crippen LogP contribution in [0.1, 0.15) is 19.8 Å². The van der Waals surface area contributed by atoms with Crippen LogP contribution in [0, 0.1) is 5.92 Å². The Balaban J connectivity index is 2.30. The molecule has 1 fully saturated rings. The molecule has 0 aromatic rings. The van der Waals surface area contributed by atoms with Gasteiger partial charge in [0.25, 0.3) is 0 Å². The number of hydrogen-bond donors (Lipinski definition) is 3. The van der Waals surface area contributed by atoms with Crippen molar-refractivity contribution >= 4 is 17.7 Å². The second kappa shape index (κ2) is 7.73. The van der Waals surface area contributed by atoms with Crippen molar-refractivity contribution in [2.24, 2.45) is 5.92 Å². The summed E-state index contributed by atoms with van der Waals surface area (Å²) < 4.78 is 4.82. The Morgan fingerprint density at radius 3 is 2.84 bits per heavy atom. The molecule has 2 atom stereocenters. The summed E-state index contributed by atoms with van der Waals surface area (Å²) in [5.74, 6) is -0.735. The maximum absolute atomic E-state index is 11.9. The van der Waals surface area contributed by atoms with E-state index in [1.807, 2.05) is 0 Å². The first-order valence-electron chi connectivity index (χ1n) is 6.38. The van der Waals surface area contributed by atoms with Crippen molar-refractivity contribution in [2.75, 3.05) is 26.8 Å². The molecule has 0 radical (unpaired) electrons. The topological polar surface area (TPSA) is 96.5 Å². The standard InChI is InChI=1S/C12H21N3O4/c1-8(11(17)13-5-6-19-2)15-12(18)9-3-4-10(16)14-7-9/h8-9H,3-7H2,1-2H3,(H,13,17)(H,14,16)(H,15,18). The summed E-state index contributed by atoms with van der Waals surface area (Å²) in [4.78, 5) is 34.5. The first-order chi connectivity index (χ1) is 9.04. The number of amides is 3. The van der Waals surface area contributed by atoms with Crippen LogP contribution in [0.15, 0.2) is 0 Å². The van der Waals surface area contributed by atoms with Gasteiger partial charge in [0.1, 0.15) is 6.04 Å². The SMILES string of the molecule is COCCNC(=O)C(C)NC(=O)C1CCC(=O)NC1. The molecule has 0 aromatic heterocycles. The molecule has 7 nitrogen and oxygen atoms in total. The van der Waals surface area contributed by atoms with Gasteiger partial charge in [-0.05, 0) is 13.3 Å². The van der Waals surface area contributed by atoms with Gasteiger partial charge in [-0.1, -0.05) is 0 Å². The minimum absolute atomic E-state index is 0.0330. The summed E-state index contributed by atoms with van der Waals surface area (Å²) in [6, 6.07) is -0.595. The number of rotatable bonds is 6. The maximum Gasteiger partial charge on any atom is 0.242 e. The molecule has 7 heteroatoms. The van der Waals surface area contributed by atoms with Crippen LogP contribution < -0.4 is 16.0 Å². The highest BCUT2D eigenvalue weighted by Crippen LogP contribution is 2.10. The average Bonchev–Trinajstić information content (AvgIpc) is 2.39. The third-order valence-corrected chi connectivity index (χ3v) is 2.99. The summed E-state index contributed by atoms with van der Waals surface area (Å²) in [5, 5.41) is 7.94. The molecule has 0 saturated carbocycles. The quantitative estimate of drug-likeness (QED) is 0.528. The Morgan fingerprint density at radius 2 is 2.26 bits per heavy atom. The molecule has 1 heterocycles. The zero-order chi connectivity index (χ0) is 14.3. The van der Waals surface area contributed by atoms with E-state index in [-0.39, 0.29) is 23.6 Å².